The summed E-state index contributed by atoms with van der Waals surface area (Å²) in [6.45, 7) is 4.87. The van der Waals surface area contributed by atoms with Gasteiger partial charge in [-0.15, -0.1) is 0 Å². The number of rotatable bonds is 5. The van der Waals surface area contributed by atoms with Crippen LogP contribution in [0.2, 0.25) is 5.02 Å². The molecule has 0 aliphatic carbocycles. The van der Waals surface area contributed by atoms with Crippen LogP contribution in [0.25, 0.3) is 0 Å². The molecule has 0 unspecified atom stereocenters. The monoisotopic (exact) mass is 395 g/mol. The third-order valence-electron chi connectivity index (χ3n) is 2.69. The number of carbonyl (C=O) groups excluding carboxylic acids is 1. The molecule has 2 nitrogen and oxygen atoms in total. The molecule has 0 aromatic heterocycles. The van der Waals surface area contributed by atoms with Gasteiger partial charge < -0.3 is 5.32 Å². The van der Waals surface area contributed by atoms with Gasteiger partial charge in [-0.2, -0.15) is 0 Å². The van der Waals surface area contributed by atoms with Gasteiger partial charge in [-0.05, 0) is 39.9 Å². The van der Waals surface area contributed by atoms with E-state index in [-0.39, 0.29) is 11.3 Å². The standard InChI is InChI=1S/C13H16Br2ClNO/c1-13(2,6-7-14)8-17-12(18)9-4-3-5-10(15)11(9)16/h3-5H,6-8H2,1-2H3,(H,17,18). The van der Waals surface area contributed by atoms with Crippen molar-refractivity contribution in [2.24, 2.45) is 5.41 Å². The van der Waals surface area contributed by atoms with Gasteiger partial charge >= 0.3 is 0 Å². The van der Waals surface area contributed by atoms with Gasteiger partial charge in [-0.3, -0.25) is 4.79 Å². The quantitative estimate of drug-likeness (QED) is 0.721. The maximum absolute atomic E-state index is 12.0. The predicted octanol–water partition coefficient (Wildman–Crippen LogP) is 4.64. The third kappa shape index (κ3) is 4.56. The van der Waals surface area contributed by atoms with E-state index in [1.807, 2.05) is 6.07 Å². The fourth-order valence-electron chi connectivity index (χ4n) is 1.44. The zero-order valence-corrected chi connectivity index (χ0v) is 14.3. The zero-order chi connectivity index (χ0) is 13.8. The van der Waals surface area contributed by atoms with Crippen molar-refractivity contribution >= 4 is 49.4 Å². The van der Waals surface area contributed by atoms with Crippen LogP contribution in [-0.4, -0.2) is 17.8 Å². The van der Waals surface area contributed by atoms with Gasteiger partial charge in [0.25, 0.3) is 5.91 Å². The fourth-order valence-corrected chi connectivity index (χ4v) is 3.09. The first-order valence-electron chi connectivity index (χ1n) is 5.65. The van der Waals surface area contributed by atoms with E-state index >= 15 is 0 Å². The second-order valence-electron chi connectivity index (χ2n) is 4.89. The SMILES string of the molecule is CC(C)(CCBr)CNC(=O)c1cccc(Br)c1Cl. The molecule has 0 aliphatic rings. The van der Waals surface area contributed by atoms with Crippen molar-refractivity contribution in [1.29, 1.82) is 0 Å². The molecule has 18 heavy (non-hydrogen) atoms. The Kier molecular flexibility index (Phi) is 6.15. The van der Waals surface area contributed by atoms with Crippen LogP contribution in [0, 0.1) is 5.41 Å². The molecule has 1 aromatic rings. The summed E-state index contributed by atoms with van der Waals surface area (Å²) in [5.74, 6) is -0.135. The minimum atomic E-state index is -0.135. The number of benzene rings is 1. The Bertz CT molecular complexity index is 435. The van der Waals surface area contributed by atoms with Crippen molar-refractivity contribution in [2.75, 3.05) is 11.9 Å². The molecule has 0 saturated heterocycles. The van der Waals surface area contributed by atoms with Crippen molar-refractivity contribution in [2.45, 2.75) is 20.3 Å². The van der Waals surface area contributed by atoms with Crippen LogP contribution in [0.1, 0.15) is 30.6 Å². The molecular weight excluding hydrogens is 381 g/mol. The van der Waals surface area contributed by atoms with Crippen LogP contribution < -0.4 is 5.32 Å². The van der Waals surface area contributed by atoms with Crippen LogP contribution >= 0.6 is 43.5 Å². The molecule has 0 bridgehead atoms. The lowest BCUT2D eigenvalue weighted by atomic mass is 9.90. The smallest absolute Gasteiger partial charge is 0.252 e. The topological polar surface area (TPSA) is 29.1 Å². The highest BCUT2D eigenvalue weighted by Crippen LogP contribution is 2.26. The number of hydrogen-bond donors (Lipinski definition) is 1. The minimum absolute atomic E-state index is 0.0671. The first-order chi connectivity index (χ1) is 8.37. The highest BCUT2D eigenvalue weighted by Gasteiger charge is 2.19. The Morgan fingerprint density at radius 2 is 2.11 bits per heavy atom. The van der Waals surface area contributed by atoms with Gasteiger partial charge in [0.2, 0.25) is 0 Å². The average Bonchev–Trinajstić information content (AvgIpc) is 2.30. The fraction of sp³-hybridized carbons (Fsp3) is 0.462. The van der Waals surface area contributed by atoms with E-state index in [1.54, 1.807) is 12.1 Å². The Morgan fingerprint density at radius 3 is 2.72 bits per heavy atom. The van der Waals surface area contributed by atoms with E-state index in [4.69, 9.17) is 11.6 Å². The van der Waals surface area contributed by atoms with E-state index in [0.717, 1.165) is 16.2 Å². The number of nitrogens with one attached hydrogen (secondary N) is 1. The molecule has 1 aromatic carbocycles. The van der Waals surface area contributed by atoms with Gasteiger partial charge in [0.15, 0.2) is 0 Å². The van der Waals surface area contributed by atoms with Crippen LogP contribution in [0.5, 0.6) is 0 Å². The number of halogens is 3. The van der Waals surface area contributed by atoms with Gasteiger partial charge in [0, 0.05) is 16.3 Å². The summed E-state index contributed by atoms with van der Waals surface area (Å²) >= 11 is 12.8. The maximum atomic E-state index is 12.0. The summed E-state index contributed by atoms with van der Waals surface area (Å²) in [6, 6.07) is 5.34. The maximum Gasteiger partial charge on any atom is 0.252 e. The van der Waals surface area contributed by atoms with E-state index in [1.165, 1.54) is 0 Å². The minimum Gasteiger partial charge on any atom is -0.351 e. The van der Waals surface area contributed by atoms with Crippen molar-refractivity contribution in [3.63, 3.8) is 0 Å². The van der Waals surface area contributed by atoms with Crippen molar-refractivity contribution in [3.05, 3.63) is 33.3 Å². The molecule has 0 atom stereocenters. The molecule has 1 N–H and O–H groups in total. The Morgan fingerprint density at radius 1 is 1.44 bits per heavy atom. The van der Waals surface area contributed by atoms with Gasteiger partial charge in [0.05, 0.1) is 10.6 Å². The lowest BCUT2D eigenvalue weighted by molar-refractivity contribution is 0.0936. The molecule has 1 amide bonds. The van der Waals surface area contributed by atoms with E-state index in [0.29, 0.717) is 17.1 Å². The third-order valence-corrected chi connectivity index (χ3v) is 4.39. The average molecular weight is 398 g/mol. The molecule has 5 heteroatoms. The normalized spacial score (nSPS) is 11.4. The molecule has 100 valence electrons. The molecule has 0 heterocycles. The van der Waals surface area contributed by atoms with Crippen molar-refractivity contribution in [1.82, 2.24) is 5.32 Å². The van der Waals surface area contributed by atoms with E-state index < -0.39 is 0 Å². The summed E-state index contributed by atoms with van der Waals surface area (Å²) in [7, 11) is 0. The summed E-state index contributed by atoms with van der Waals surface area (Å²) in [4.78, 5) is 12.0. The van der Waals surface area contributed by atoms with Crippen molar-refractivity contribution in [3.8, 4) is 0 Å². The van der Waals surface area contributed by atoms with E-state index in [9.17, 15) is 4.79 Å². The van der Waals surface area contributed by atoms with Crippen LogP contribution in [0.15, 0.2) is 22.7 Å². The number of carbonyl (C=O) groups is 1. The number of hydrogen-bond acceptors (Lipinski definition) is 1. The zero-order valence-electron chi connectivity index (χ0n) is 10.4. The molecule has 0 fully saturated rings. The molecule has 0 spiro atoms. The summed E-state index contributed by atoms with van der Waals surface area (Å²) in [5.41, 5.74) is 0.568. The second-order valence-corrected chi connectivity index (χ2v) is 6.91. The van der Waals surface area contributed by atoms with Gasteiger partial charge in [-0.25, -0.2) is 0 Å². The lowest BCUT2D eigenvalue weighted by Crippen LogP contribution is -2.34. The number of alkyl halides is 1. The Labute approximate surface area is 130 Å². The van der Waals surface area contributed by atoms with Crippen LogP contribution in [-0.2, 0) is 0 Å². The first-order valence-corrected chi connectivity index (χ1v) is 7.95. The van der Waals surface area contributed by atoms with Crippen molar-refractivity contribution < 1.29 is 4.79 Å². The number of amides is 1. The van der Waals surface area contributed by atoms with Crippen LogP contribution in [0.4, 0.5) is 0 Å². The second kappa shape index (κ2) is 6.92. The molecule has 0 aliphatic heterocycles. The molecule has 1 rings (SSSR count). The van der Waals surface area contributed by atoms with Crippen LogP contribution in [0.3, 0.4) is 0 Å². The highest BCUT2D eigenvalue weighted by molar-refractivity contribution is 9.10. The Balaban J connectivity index is 2.69. The lowest BCUT2D eigenvalue weighted by Gasteiger charge is -2.24. The first kappa shape index (κ1) is 16.0. The predicted molar refractivity (Wildman–Crippen MR) is 83.7 cm³/mol. The summed E-state index contributed by atoms with van der Waals surface area (Å²) in [5, 5.41) is 4.30. The molecule has 0 saturated carbocycles. The Hall–Kier alpha value is -0.0600. The molecular formula is C13H16Br2ClNO. The molecule has 0 radical (unpaired) electrons. The van der Waals surface area contributed by atoms with Gasteiger partial charge in [0.1, 0.15) is 0 Å². The summed E-state index contributed by atoms with van der Waals surface area (Å²) < 4.78 is 0.733. The highest BCUT2D eigenvalue weighted by atomic mass is 79.9. The van der Waals surface area contributed by atoms with Gasteiger partial charge in [-0.1, -0.05) is 47.4 Å². The largest absolute Gasteiger partial charge is 0.351 e. The van der Waals surface area contributed by atoms with E-state index in [2.05, 4.69) is 51.0 Å². The summed E-state index contributed by atoms with van der Waals surface area (Å²) in [6.07, 6.45) is 1.000.